The standard InChI is InChI=1S/C25H27Cl2NOS/c1-17(2)16-28(30-21-7-5-4-6-8-21)25(29)13-18(3)9-10-19-14-22(19)20-11-12-23(26)24(27)15-20/h4-13,15,17,19,22H,14,16H2,1-3H3/b10-9+,18-13+/t19-,22-/m1/s1. The molecule has 1 aliphatic rings. The molecule has 2 atom stereocenters. The molecule has 0 bridgehead atoms. The van der Waals surface area contributed by atoms with Crippen molar-refractivity contribution >= 4 is 41.1 Å². The van der Waals surface area contributed by atoms with Gasteiger partial charge in [0.1, 0.15) is 0 Å². The van der Waals surface area contributed by atoms with Gasteiger partial charge in [-0.3, -0.25) is 9.10 Å². The summed E-state index contributed by atoms with van der Waals surface area (Å²) in [7, 11) is 0. The van der Waals surface area contributed by atoms with E-state index >= 15 is 0 Å². The van der Waals surface area contributed by atoms with Gasteiger partial charge in [-0.15, -0.1) is 0 Å². The molecule has 0 saturated heterocycles. The van der Waals surface area contributed by atoms with Crippen LogP contribution in [0.1, 0.15) is 38.7 Å². The first kappa shape index (κ1) is 23.0. The van der Waals surface area contributed by atoms with Gasteiger partial charge in [0.05, 0.1) is 10.0 Å². The van der Waals surface area contributed by atoms with Crippen molar-refractivity contribution < 1.29 is 4.79 Å². The van der Waals surface area contributed by atoms with E-state index in [1.165, 1.54) is 17.5 Å². The van der Waals surface area contributed by atoms with Crippen LogP contribution in [-0.2, 0) is 4.79 Å². The van der Waals surface area contributed by atoms with Crippen molar-refractivity contribution in [3.63, 3.8) is 0 Å². The Morgan fingerprint density at radius 2 is 1.90 bits per heavy atom. The van der Waals surface area contributed by atoms with E-state index in [2.05, 4.69) is 26.0 Å². The van der Waals surface area contributed by atoms with E-state index in [9.17, 15) is 4.79 Å². The number of carbonyl (C=O) groups excluding carboxylic acids is 1. The zero-order valence-corrected chi connectivity index (χ0v) is 19.8. The second-order valence-corrected chi connectivity index (χ2v) is 10.0. The van der Waals surface area contributed by atoms with Crippen LogP contribution < -0.4 is 0 Å². The Balaban J connectivity index is 1.61. The lowest BCUT2D eigenvalue weighted by molar-refractivity contribution is -0.121. The predicted octanol–water partition coefficient (Wildman–Crippen LogP) is 7.79. The molecule has 0 unspecified atom stereocenters. The quantitative estimate of drug-likeness (QED) is 0.228. The van der Waals surface area contributed by atoms with Gasteiger partial charge in [-0.2, -0.15) is 0 Å². The van der Waals surface area contributed by atoms with Gasteiger partial charge in [-0.1, -0.05) is 73.5 Å². The van der Waals surface area contributed by atoms with Gasteiger partial charge in [-0.25, -0.2) is 0 Å². The Labute approximate surface area is 194 Å². The number of benzene rings is 2. The van der Waals surface area contributed by atoms with Crippen LogP contribution in [0.25, 0.3) is 0 Å². The molecule has 3 rings (SSSR count). The molecule has 2 nitrogen and oxygen atoms in total. The second kappa shape index (κ2) is 10.6. The van der Waals surface area contributed by atoms with E-state index in [1.807, 2.05) is 59.8 Å². The van der Waals surface area contributed by atoms with Crippen LogP contribution in [0.15, 0.2) is 77.2 Å². The van der Waals surface area contributed by atoms with E-state index < -0.39 is 0 Å². The highest BCUT2D eigenvalue weighted by molar-refractivity contribution is 7.97. The molecule has 2 aromatic carbocycles. The summed E-state index contributed by atoms with van der Waals surface area (Å²) in [4.78, 5) is 13.9. The molecule has 0 spiro atoms. The zero-order chi connectivity index (χ0) is 21.7. The average molecular weight is 460 g/mol. The molecule has 0 aliphatic heterocycles. The predicted molar refractivity (Wildman–Crippen MR) is 129 cm³/mol. The van der Waals surface area contributed by atoms with Crippen LogP contribution in [0.2, 0.25) is 10.0 Å². The third kappa shape index (κ3) is 6.66. The molecule has 0 heterocycles. The second-order valence-electron chi connectivity index (χ2n) is 8.12. The number of hydrogen-bond acceptors (Lipinski definition) is 2. The van der Waals surface area contributed by atoms with Gasteiger partial charge in [0, 0.05) is 17.5 Å². The topological polar surface area (TPSA) is 20.3 Å². The van der Waals surface area contributed by atoms with Crippen molar-refractivity contribution in [1.29, 1.82) is 0 Å². The molecule has 0 N–H and O–H groups in total. The van der Waals surface area contributed by atoms with Crippen molar-refractivity contribution in [2.45, 2.75) is 38.0 Å². The maximum Gasteiger partial charge on any atom is 0.256 e. The SMILES string of the molecule is CC(/C=C/[C@@H]1C[C@H]1c1ccc(Cl)c(Cl)c1)=C\C(=O)N(CC(C)C)Sc1ccccc1. The summed E-state index contributed by atoms with van der Waals surface area (Å²) in [6.45, 7) is 6.93. The largest absolute Gasteiger partial charge is 0.278 e. The number of nitrogens with zero attached hydrogens (tertiary/aromatic N) is 1. The third-order valence-electron chi connectivity index (χ3n) is 4.90. The average Bonchev–Trinajstić information content (AvgIpc) is 3.48. The van der Waals surface area contributed by atoms with E-state index in [-0.39, 0.29) is 5.91 Å². The number of halogens is 2. The Morgan fingerprint density at radius 1 is 1.17 bits per heavy atom. The molecule has 30 heavy (non-hydrogen) atoms. The maximum atomic E-state index is 12.9. The maximum absolute atomic E-state index is 12.9. The fourth-order valence-corrected chi connectivity index (χ4v) is 4.61. The van der Waals surface area contributed by atoms with Crippen LogP contribution >= 0.6 is 35.1 Å². The first-order valence-electron chi connectivity index (χ1n) is 10.2. The summed E-state index contributed by atoms with van der Waals surface area (Å²) in [6, 6.07) is 15.9. The fourth-order valence-electron chi connectivity index (χ4n) is 3.26. The smallest absolute Gasteiger partial charge is 0.256 e. The molecule has 1 saturated carbocycles. The molecule has 1 aliphatic carbocycles. The summed E-state index contributed by atoms with van der Waals surface area (Å²) in [6.07, 6.45) is 7.08. The lowest BCUT2D eigenvalue weighted by atomic mass is 10.1. The number of amides is 1. The minimum Gasteiger partial charge on any atom is -0.278 e. The van der Waals surface area contributed by atoms with E-state index in [1.54, 1.807) is 6.08 Å². The highest BCUT2D eigenvalue weighted by Gasteiger charge is 2.36. The van der Waals surface area contributed by atoms with Gasteiger partial charge in [-0.05, 0) is 78.4 Å². The van der Waals surface area contributed by atoms with Gasteiger partial charge in [0.15, 0.2) is 0 Å². The fraction of sp³-hybridized carbons (Fsp3) is 0.320. The molecule has 0 radical (unpaired) electrons. The first-order chi connectivity index (χ1) is 14.3. The van der Waals surface area contributed by atoms with Crippen molar-refractivity contribution in [1.82, 2.24) is 4.31 Å². The Hall–Kier alpha value is -1.68. The highest BCUT2D eigenvalue weighted by atomic mass is 35.5. The van der Waals surface area contributed by atoms with Crippen molar-refractivity contribution in [2.24, 2.45) is 11.8 Å². The Morgan fingerprint density at radius 3 is 2.57 bits per heavy atom. The zero-order valence-electron chi connectivity index (χ0n) is 17.5. The third-order valence-corrected chi connectivity index (χ3v) is 6.68. The van der Waals surface area contributed by atoms with E-state index in [0.717, 1.165) is 16.9 Å². The molecule has 158 valence electrons. The Bertz CT molecular complexity index is 939. The lowest BCUT2D eigenvalue weighted by Crippen LogP contribution is -2.26. The molecule has 2 aromatic rings. The molecule has 0 aromatic heterocycles. The summed E-state index contributed by atoms with van der Waals surface area (Å²) in [5.74, 6) is 1.38. The van der Waals surface area contributed by atoms with Gasteiger partial charge >= 0.3 is 0 Å². The number of rotatable bonds is 8. The molecular formula is C25H27Cl2NOS. The summed E-state index contributed by atoms with van der Waals surface area (Å²) in [5.41, 5.74) is 2.18. The Kier molecular flexibility index (Phi) is 8.10. The number of allylic oxidation sites excluding steroid dienone is 3. The van der Waals surface area contributed by atoms with Crippen LogP contribution in [0.5, 0.6) is 0 Å². The normalized spacial score (nSPS) is 18.8. The van der Waals surface area contributed by atoms with Crippen molar-refractivity contribution in [2.75, 3.05) is 6.54 Å². The van der Waals surface area contributed by atoms with E-state index in [0.29, 0.717) is 34.3 Å². The summed E-state index contributed by atoms with van der Waals surface area (Å²) < 4.78 is 1.84. The van der Waals surface area contributed by atoms with Gasteiger partial charge < -0.3 is 0 Å². The van der Waals surface area contributed by atoms with Crippen LogP contribution in [-0.4, -0.2) is 16.8 Å². The van der Waals surface area contributed by atoms with Crippen LogP contribution in [0.3, 0.4) is 0 Å². The van der Waals surface area contributed by atoms with Crippen LogP contribution in [0.4, 0.5) is 0 Å². The minimum atomic E-state index is 0.0246. The molecule has 1 fully saturated rings. The highest BCUT2D eigenvalue weighted by Crippen LogP contribution is 2.49. The molecule has 1 amide bonds. The summed E-state index contributed by atoms with van der Waals surface area (Å²) in [5, 5.41) is 1.19. The number of hydrogen-bond donors (Lipinski definition) is 0. The number of carbonyl (C=O) groups is 1. The monoisotopic (exact) mass is 459 g/mol. The lowest BCUT2D eigenvalue weighted by Gasteiger charge is -2.22. The summed E-state index contributed by atoms with van der Waals surface area (Å²) >= 11 is 13.6. The van der Waals surface area contributed by atoms with Gasteiger partial charge in [0.25, 0.3) is 5.91 Å². The first-order valence-corrected chi connectivity index (χ1v) is 11.7. The minimum absolute atomic E-state index is 0.0246. The molecular weight excluding hydrogens is 433 g/mol. The van der Waals surface area contributed by atoms with Gasteiger partial charge in [0.2, 0.25) is 0 Å². The van der Waals surface area contributed by atoms with Crippen LogP contribution in [0, 0.1) is 11.8 Å². The van der Waals surface area contributed by atoms with Crippen molar-refractivity contribution in [3.8, 4) is 0 Å². The van der Waals surface area contributed by atoms with Crippen molar-refractivity contribution in [3.05, 3.63) is 87.9 Å². The molecule has 5 heteroatoms. The van der Waals surface area contributed by atoms with E-state index in [4.69, 9.17) is 23.2 Å².